The minimum Gasteiger partial charge on any atom is -0.307 e. The predicted octanol–water partition coefficient (Wildman–Crippen LogP) is 4.54. The van der Waals surface area contributed by atoms with Crippen molar-refractivity contribution in [3.63, 3.8) is 0 Å². The monoisotopic (exact) mass is 257 g/mol. The van der Waals surface area contributed by atoms with Crippen LogP contribution in [0.2, 0.25) is 0 Å². The van der Waals surface area contributed by atoms with Crippen LogP contribution in [0.5, 0.6) is 0 Å². The number of hydrogen-bond acceptors (Lipinski definition) is 1. The van der Waals surface area contributed by atoms with Gasteiger partial charge < -0.3 is 5.32 Å². The number of rotatable bonds is 2. The van der Waals surface area contributed by atoms with Gasteiger partial charge in [0.2, 0.25) is 0 Å². The maximum atomic E-state index is 3.96. The molecule has 1 nitrogen and oxygen atoms in total. The summed E-state index contributed by atoms with van der Waals surface area (Å²) in [5, 5.41) is 3.96. The second-order valence-corrected chi connectivity index (χ2v) is 6.55. The van der Waals surface area contributed by atoms with Crippen molar-refractivity contribution < 1.29 is 0 Å². The molecule has 1 fully saturated rings. The van der Waals surface area contributed by atoms with Crippen molar-refractivity contribution in [2.45, 2.75) is 70.9 Å². The van der Waals surface area contributed by atoms with Crippen molar-refractivity contribution in [1.82, 2.24) is 5.32 Å². The zero-order valence-corrected chi connectivity index (χ0v) is 12.4. The van der Waals surface area contributed by atoms with E-state index in [9.17, 15) is 0 Å². The third kappa shape index (κ3) is 2.72. The van der Waals surface area contributed by atoms with Gasteiger partial charge in [0.15, 0.2) is 0 Å². The van der Waals surface area contributed by atoms with Gasteiger partial charge in [-0.05, 0) is 49.7 Å². The molecular formula is C18H27N. The van der Waals surface area contributed by atoms with Gasteiger partial charge in [-0.2, -0.15) is 0 Å². The lowest BCUT2D eigenvalue weighted by Crippen LogP contribution is -2.42. The van der Waals surface area contributed by atoms with Crippen molar-refractivity contribution >= 4 is 0 Å². The fourth-order valence-corrected chi connectivity index (χ4v) is 3.98. The molecule has 3 rings (SSSR count). The average molecular weight is 257 g/mol. The summed E-state index contributed by atoms with van der Waals surface area (Å²) in [5.41, 5.74) is 4.62. The van der Waals surface area contributed by atoms with Gasteiger partial charge in [-0.1, -0.05) is 49.9 Å². The molecule has 0 saturated heterocycles. The van der Waals surface area contributed by atoms with Crippen LogP contribution in [0, 0.1) is 12.8 Å². The molecule has 1 saturated carbocycles. The quantitative estimate of drug-likeness (QED) is 0.820. The fourth-order valence-electron chi connectivity index (χ4n) is 3.98. The van der Waals surface area contributed by atoms with Gasteiger partial charge >= 0.3 is 0 Å². The van der Waals surface area contributed by atoms with Crippen molar-refractivity contribution in [3.05, 3.63) is 34.9 Å². The Morgan fingerprint density at radius 3 is 2.68 bits per heavy atom. The lowest BCUT2D eigenvalue weighted by atomic mass is 9.76. The minimum absolute atomic E-state index is 0.619. The largest absolute Gasteiger partial charge is 0.307 e. The lowest BCUT2D eigenvalue weighted by Gasteiger charge is -2.39. The highest BCUT2D eigenvalue weighted by Crippen LogP contribution is 2.39. The SMILES string of the molecule is CCC1Cc2ccc(C)cc2C(C2CCCCC2)N1. The molecule has 1 N–H and O–H groups in total. The van der Waals surface area contributed by atoms with Crippen LogP contribution in [0.3, 0.4) is 0 Å². The molecule has 1 aliphatic carbocycles. The lowest BCUT2D eigenvalue weighted by molar-refractivity contribution is 0.238. The molecule has 1 heterocycles. The van der Waals surface area contributed by atoms with Gasteiger partial charge in [0.25, 0.3) is 0 Å². The minimum atomic E-state index is 0.619. The number of fused-ring (bicyclic) bond motifs is 1. The molecule has 2 unspecified atom stereocenters. The van der Waals surface area contributed by atoms with Crippen LogP contribution in [0.1, 0.15) is 68.2 Å². The highest BCUT2D eigenvalue weighted by molar-refractivity contribution is 5.37. The molecule has 1 aliphatic heterocycles. The van der Waals surface area contributed by atoms with Gasteiger partial charge in [0.05, 0.1) is 0 Å². The molecule has 0 bridgehead atoms. The predicted molar refractivity (Wildman–Crippen MR) is 81.4 cm³/mol. The highest BCUT2D eigenvalue weighted by atomic mass is 15.0. The summed E-state index contributed by atoms with van der Waals surface area (Å²) in [7, 11) is 0. The molecule has 0 aromatic heterocycles. The summed E-state index contributed by atoms with van der Waals surface area (Å²) >= 11 is 0. The molecule has 2 atom stereocenters. The zero-order valence-electron chi connectivity index (χ0n) is 12.4. The van der Waals surface area contributed by atoms with Crippen molar-refractivity contribution in [3.8, 4) is 0 Å². The fraction of sp³-hybridized carbons (Fsp3) is 0.667. The van der Waals surface area contributed by atoms with E-state index in [-0.39, 0.29) is 0 Å². The van der Waals surface area contributed by atoms with E-state index in [1.807, 2.05) is 0 Å². The van der Waals surface area contributed by atoms with E-state index in [0.29, 0.717) is 12.1 Å². The molecule has 0 spiro atoms. The van der Waals surface area contributed by atoms with E-state index in [1.165, 1.54) is 50.5 Å². The van der Waals surface area contributed by atoms with Crippen molar-refractivity contribution in [1.29, 1.82) is 0 Å². The van der Waals surface area contributed by atoms with Gasteiger partial charge in [-0.3, -0.25) is 0 Å². The van der Waals surface area contributed by atoms with Crippen LogP contribution >= 0.6 is 0 Å². The standard InChI is InChI=1S/C18H27N/c1-3-16-12-15-10-9-13(2)11-17(15)18(19-16)14-7-5-4-6-8-14/h9-11,14,16,18-19H,3-8,12H2,1-2H3. The molecule has 1 heteroatoms. The molecular weight excluding hydrogens is 230 g/mol. The second-order valence-electron chi connectivity index (χ2n) is 6.55. The molecule has 19 heavy (non-hydrogen) atoms. The Bertz CT molecular complexity index is 431. The highest BCUT2D eigenvalue weighted by Gasteiger charge is 2.31. The summed E-state index contributed by atoms with van der Waals surface area (Å²) in [6, 6.07) is 8.41. The van der Waals surface area contributed by atoms with Gasteiger partial charge in [-0.25, -0.2) is 0 Å². The summed E-state index contributed by atoms with van der Waals surface area (Å²) in [5.74, 6) is 0.864. The molecule has 104 valence electrons. The number of nitrogens with one attached hydrogen (secondary N) is 1. The Kier molecular flexibility index (Phi) is 3.93. The van der Waals surface area contributed by atoms with E-state index in [4.69, 9.17) is 0 Å². The Morgan fingerprint density at radius 2 is 1.95 bits per heavy atom. The smallest absolute Gasteiger partial charge is 0.0354 e. The first-order chi connectivity index (χ1) is 9.28. The third-order valence-corrected chi connectivity index (χ3v) is 5.13. The van der Waals surface area contributed by atoms with Gasteiger partial charge in [-0.15, -0.1) is 0 Å². The molecule has 1 aromatic carbocycles. The Morgan fingerprint density at radius 1 is 1.16 bits per heavy atom. The van der Waals surface area contributed by atoms with Crippen LogP contribution in [0.4, 0.5) is 0 Å². The van der Waals surface area contributed by atoms with E-state index in [1.54, 1.807) is 11.1 Å². The number of hydrogen-bond donors (Lipinski definition) is 1. The first-order valence-electron chi connectivity index (χ1n) is 8.13. The maximum Gasteiger partial charge on any atom is 0.0354 e. The van der Waals surface area contributed by atoms with E-state index in [2.05, 4.69) is 37.4 Å². The van der Waals surface area contributed by atoms with Crippen LogP contribution in [0.25, 0.3) is 0 Å². The topological polar surface area (TPSA) is 12.0 Å². The van der Waals surface area contributed by atoms with E-state index >= 15 is 0 Å². The average Bonchev–Trinajstić information content (AvgIpc) is 2.47. The third-order valence-electron chi connectivity index (χ3n) is 5.13. The Labute approximate surface area is 117 Å². The summed E-state index contributed by atoms with van der Waals surface area (Å²) in [6.07, 6.45) is 9.61. The number of benzene rings is 1. The molecule has 0 amide bonds. The van der Waals surface area contributed by atoms with Crippen LogP contribution in [-0.2, 0) is 6.42 Å². The van der Waals surface area contributed by atoms with Crippen LogP contribution < -0.4 is 5.32 Å². The van der Waals surface area contributed by atoms with E-state index in [0.717, 1.165) is 5.92 Å². The van der Waals surface area contributed by atoms with Crippen LogP contribution in [0.15, 0.2) is 18.2 Å². The Hall–Kier alpha value is -0.820. The van der Waals surface area contributed by atoms with Gasteiger partial charge in [0.1, 0.15) is 0 Å². The van der Waals surface area contributed by atoms with Crippen molar-refractivity contribution in [2.75, 3.05) is 0 Å². The van der Waals surface area contributed by atoms with Gasteiger partial charge in [0, 0.05) is 12.1 Å². The molecule has 0 radical (unpaired) electrons. The second kappa shape index (κ2) is 5.66. The molecule has 2 aliphatic rings. The van der Waals surface area contributed by atoms with Crippen LogP contribution in [-0.4, -0.2) is 6.04 Å². The first kappa shape index (κ1) is 13.2. The normalized spacial score (nSPS) is 28.1. The summed E-state index contributed by atoms with van der Waals surface area (Å²) in [4.78, 5) is 0. The van der Waals surface area contributed by atoms with E-state index < -0.39 is 0 Å². The Balaban J connectivity index is 1.91. The maximum absolute atomic E-state index is 3.96. The zero-order chi connectivity index (χ0) is 13.2. The number of aryl methyl sites for hydroxylation is 1. The summed E-state index contributed by atoms with van der Waals surface area (Å²) < 4.78 is 0. The first-order valence-corrected chi connectivity index (χ1v) is 8.13. The summed E-state index contributed by atoms with van der Waals surface area (Å²) in [6.45, 7) is 4.54. The molecule has 1 aromatic rings. The van der Waals surface area contributed by atoms with Crippen molar-refractivity contribution in [2.24, 2.45) is 5.92 Å².